The van der Waals surface area contributed by atoms with E-state index in [0.29, 0.717) is 13.1 Å². The molecular weight excluding hydrogens is 246 g/mol. The third kappa shape index (κ3) is 3.09. The first-order valence-corrected chi connectivity index (χ1v) is 7.51. The third-order valence-corrected chi connectivity index (χ3v) is 4.63. The average molecular weight is 267 g/mol. The van der Waals surface area contributed by atoms with Crippen molar-refractivity contribution >= 4 is 17.2 Å². The summed E-state index contributed by atoms with van der Waals surface area (Å²) in [4.78, 5) is 16.5. The summed E-state index contributed by atoms with van der Waals surface area (Å²) in [6.45, 7) is 1.13. The molecule has 4 nitrogen and oxygen atoms in total. The Kier molecular flexibility index (Phi) is 4.72. The first-order valence-electron chi connectivity index (χ1n) is 6.64. The second-order valence-electron chi connectivity index (χ2n) is 4.98. The molecule has 1 aliphatic rings. The zero-order chi connectivity index (χ0) is 12.8. The first kappa shape index (κ1) is 13.5. The second kappa shape index (κ2) is 6.29. The van der Waals surface area contributed by atoms with Crippen LogP contribution < -0.4 is 11.1 Å². The van der Waals surface area contributed by atoms with Gasteiger partial charge in [0.1, 0.15) is 0 Å². The topological polar surface area (TPSA) is 68.0 Å². The van der Waals surface area contributed by atoms with Gasteiger partial charge in [-0.3, -0.25) is 4.79 Å². The Morgan fingerprint density at radius 1 is 1.44 bits per heavy atom. The summed E-state index contributed by atoms with van der Waals surface area (Å²) in [5.74, 6) is 0.140. The van der Waals surface area contributed by atoms with E-state index in [-0.39, 0.29) is 11.3 Å². The van der Waals surface area contributed by atoms with E-state index >= 15 is 0 Å². The lowest BCUT2D eigenvalue weighted by atomic mass is 9.73. The number of hydrogen-bond acceptors (Lipinski definition) is 4. The molecule has 2 rings (SSSR count). The SMILES string of the molecule is NCC1(C(=O)NCCc2nccs2)CCCCC1. The van der Waals surface area contributed by atoms with E-state index in [4.69, 9.17) is 5.73 Å². The highest BCUT2D eigenvalue weighted by atomic mass is 32.1. The van der Waals surface area contributed by atoms with Crippen molar-refractivity contribution in [2.24, 2.45) is 11.1 Å². The number of nitrogens with one attached hydrogen (secondary N) is 1. The summed E-state index contributed by atoms with van der Waals surface area (Å²) in [5, 5.41) is 6.06. The van der Waals surface area contributed by atoms with Gasteiger partial charge in [-0.1, -0.05) is 19.3 Å². The van der Waals surface area contributed by atoms with Gasteiger partial charge in [-0.25, -0.2) is 4.98 Å². The van der Waals surface area contributed by atoms with Crippen LogP contribution in [0.2, 0.25) is 0 Å². The largest absolute Gasteiger partial charge is 0.355 e. The highest BCUT2D eigenvalue weighted by Crippen LogP contribution is 2.35. The summed E-state index contributed by atoms with van der Waals surface area (Å²) in [7, 11) is 0. The van der Waals surface area contributed by atoms with Crippen LogP contribution >= 0.6 is 11.3 Å². The number of hydrogen-bond donors (Lipinski definition) is 2. The van der Waals surface area contributed by atoms with E-state index in [1.165, 1.54) is 6.42 Å². The number of nitrogens with two attached hydrogens (primary N) is 1. The summed E-state index contributed by atoms with van der Waals surface area (Å²) in [6, 6.07) is 0. The molecule has 0 saturated heterocycles. The molecule has 0 aliphatic heterocycles. The molecule has 1 amide bonds. The summed E-state index contributed by atoms with van der Waals surface area (Å²) >= 11 is 1.63. The molecule has 0 bridgehead atoms. The Hall–Kier alpha value is -0.940. The molecule has 1 fully saturated rings. The molecule has 1 heterocycles. The second-order valence-corrected chi connectivity index (χ2v) is 5.96. The number of carbonyl (C=O) groups is 1. The van der Waals surface area contributed by atoms with Gasteiger partial charge in [-0.2, -0.15) is 0 Å². The van der Waals surface area contributed by atoms with Crippen LogP contribution in [0.5, 0.6) is 0 Å². The minimum absolute atomic E-state index is 0.140. The van der Waals surface area contributed by atoms with Crippen LogP contribution in [0.25, 0.3) is 0 Å². The van der Waals surface area contributed by atoms with Crippen molar-refractivity contribution in [3.63, 3.8) is 0 Å². The quantitative estimate of drug-likeness (QED) is 0.853. The Balaban J connectivity index is 1.82. The van der Waals surface area contributed by atoms with Crippen molar-refractivity contribution in [2.45, 2.75) is 38.5 Å². The standard InChI is InChI=1S/C13H21N3OS/c14-10-13(5-2-1-3-6-13)12(17)16-7-4-11-15-8-9-18-11/h8-9H,1-7,10,14H2,(H,16,17). The van der Waals surface area contributed by atoms with Crippen molar-refractivity contribution < 1.29 is 4.79 Å². The number of rotatable bonds is 5. The van der Waals surface area contributed by atoms with E-state index in [2.05, 4.69) is 10.3 Å². The molecule has 1 saturated carbocycles. The van der Waals surface area contributed by atoms with Gasteiger partial charge in [-0.15, -0.1) is 11.3 Å². The normalized spacial score (nSPS) is 18.5. The molecular formula is C13H21N3OS. The van der Waals surface area contributed by atoms with Gasteiger partial charge in [0, 0.05) is 31.1 Å². The number of nitrogens with zero attached hydrogens (tertiary/aromatic N) is 1. The molecule has 100 valence electrons. The maximum atomic E-state index is 12.3. The van der Waals surface area contributed by atoms with Crippen LogP contribution in [0.3, 0.4) is 0 Å². The van der Waals surface area contributed by atoms with Gasteiger partial charge < -0.3 is 11.1 Å². The Bertz CT molecular complexity index is 372. The fourth-order valence-corrected chi connectivity index (χ4v) is 3.22. The first-order chi connectivity index (χ1) is 8.77. The van der Waals surface area contributed by atoms with E-state index in [0.717, 1.165) is 37.1 Å². The van der Waals surface area contributed by atoms with Crippen LogP contribution in [0.15, 0.2) is 11.6 Å². The maximum absolute atomic E-state index is 12.3. The van der Waals surface area contributed by atoms with Crippen molar-refractivity contribution in [2.75, 3.05) is 13.1 Å². The van der Waals surface area contributed by atoms with Gasteiger partial charge >= 0.3 is 0 Å². The van der Waals surface area contributed by atoms with Crippen molar-refractivity contribution in [1.29, 1.82) is 0 Å². The number of amides is 1. The van der Waals surface area contributed by atoms with Crippen LogP contribution in [-0.4, -0.2) is 24.0 Å². The van der Waals surface area contributed by atoms with Crippen LogP contribution in [-0.2, 0) is 11.2 Å². The molecule has 0 unspecified atom stereocenters. The predicted octanol–water partition coefficient (Wildman–Crippen LogP) is 1.71. The molecule has 1 aromatic rings. The fourth-order valence-electron chi connectivity index (χ4n) is 2.60. The molecule has 0 aromatic carbocycles. The lowest BCUT2D eigenvalue weighted by molar-refractivity contribution is -0.132. The summed E-state index contributed by atoms with van der Waals surface area (Å²) < 4.78 is 0. The molecule has 0 radical (unpaired) electrons. The molecule has 0 atom stereocenters. The maximum Gasteiger partial charge on any atom is 0.227 e. The number of carbonyl (C=O) groups excluding carboxylic acids is 1. The molecule has 3 N–H and O–H groups in total. The van der Waals surface area contributed by atoms with Gasteiger partial charge in [0.2, 0.25) is 5.91 Å². The van der Waals surface area contributed by atoms with Gasteiger partial charge in [0.15, 0.2) is 0 Å². The minimum Gasteiger partial charge on any atom is -0.355 e. The predicted molar refractivity (Wildman–Crippen MR) is 73.4 cm³/mol. The minimum atomic E-state index is -0.304. The Morgan fingerprint density at radius 2 is 2.22 bits per heavy atom. The highest BCUT2D eigenvalue weighted by molar-refractivity contribution is 7.09. The van der Waals surface area contributed by atoms with Gasteiger partial charge in [0.05, 0.1) is 10.4 Å². The van der Waals surface area contributed by atoms with Crippen LogP contribution in [0.1, 0.15) is 37.1 Å². The van der Waals surface area contributed by atoms with Gasteiger partial charge in [0.25, 0.3) is 0 Å². The Morgan fingerprint density at radius 3 is 2.83 bits per heavy atom. The summed E-state index contributed by atoms with van der Waals surface area (Å²) in [6.07, 6.45) is 7.95. The van der Waals surface area contributed by atoms with Crippen LogP contribution in [0, 0.1) is 5.41 Å². The molecule has 5 heteroatoms. The zero-order valence-electron chi connectivity index (χ0n) is 10.7. The van der Waals surface area contributed by atoms with Crippen molar-refractivity contribution in [3.05, 3.63) is 16.6 Å². The van der Waals surface area contributed by atoms with E-state index in [1.54, 1.807) is 17.5 Å². The highest BCUT2D eigenvalue weighted by Gasteiger charge is 2.37. The third-order valence-electron chi connectivity index (χ3n) is 3.79. The van der Waals surface area contributed by atoms with Crippen LogP contribution in [0.4, 0.5) is 0 Å². The molecule has 0 spiro atoms. The monoisotopic (exact) mass is 267 g/mol. The smallest absolute Gasteiger partial charge is 0.227 e. The lowest BCUT2D eigenvalue weighted by Crippen LogP contribution is -2.47. The number of thiazole rings is 1. The van der Waals surface area contributed by atoms with Gasteiger partial charge in [-0.05, 0) is 12.8 Å². The van der Waals surface area contributed by atoms with Crippen molar-refractivity contribution in [3.8, 4) is 0 Å². The van der Waals surface area contributed by atoms with Crippen molar-refractivity contribution in [1.82, 2.24) is 10.3 Å². The van der Waals surface area contributed by atoms with E-state index in [9.17, 15) is 4.79 Å². The fraction of sp³-hybridized carbons (Fsp3) is 0.692. The average Bonchev–Trinajstić information content (AvgIpc) is 2.92. The zero-order valence-corrected chi connectivity index (χ0v) is 11.5. The molecule has 18 heavy (non-hydrogen) atoms. The molecule has 1 aromatic heterocycles. The van der Waals surface area contributed by atoms with E-state index in [1.807, 2.05) is 5.38 Å². The lowest BCUT2D eigenvalue weighted by Gasteiger charge is -2.34. The number of aromatic nitrogens is 1. The van der Waals surface area contributed by atoms with E-state index < -0.39 is 0 Å². The molecule has 1 aliphatic carbocycles. The summed E-state index contributed by atoms with van der Waals surface area (Å²) in [5.41, 5.74) is 5.53. The Labute approximate surface area is 112 Å².